The molecule has 0 aliphatic rings. The number of benzene rings is 1. The van der Waals surface area contributed by atoms with Crippen LogP contribution in [0.2, 0.25) is 5.02 Å². The van der Waals surface area contributed by atoms with Crippen molar-refractivity contribution in [1.82, 2.24) is 14.9 Å². The van der Waals surface area contributed by atoms with Crippen LogP contribution < -0.4 is 5.32 Å². The Hall–Kier alpha value is -1.81. The highest BCUT2D eigenvalue weighted by Gasteiger charge is 2.10. The number of aromatic nitrogens is 2. The minimum Gasteiger partial charge on any atom is -0.331 e. The van der Waals surface area contributed by atoms with Crippen molar-refractivity contribution in [3.05, 3.63) is 53.6 Å². The summed E-state index contributed by atoms with van der Waals surface area (Å²) in [5, 5.41) is 3.51. The van der Waals surface area contributed by atoms with Crippen molar-refractivity contribution >= 4 is 17.6 Å². The molecule has 2 rings (SSSR count). The fourth-order valence-corrected chi connectivity index (χ4v) is 1.70. The van der Waals surface area contributed by atoms with E-state index >= 15 is 0 Å². The van der Waals surface area contributed by atoms with Crippen LogP contribution in [0.25, 0.3) is 0 Å². The average molecular weight is 250 g/mol. The lowest BCUT2D eigenvalue weighted by atomic mass is 10.1. The summed E-state index contributed by atoms with van der Waals surface area (Å²) in [6, 6.07) is 7.09. The Morgan fingerprint density at radius 2 is 2.35 bits per heavy atom. The maximum Gasteiger partial charge on any atom is 0.327 e. The molecule has 0 saturated heterocycles. The SMILES string of the molecule is CC(NC(=O)n1ccnc1)c1cccc(Cl)c1. The number of hydrogen-bond acceptors (Lipinski definition) is 2. The summed E-state index contributed by atoms with van der Waals surface area (Å²) < 4.78 is 1.39. The molecule has 0 saturated carbocycles. The van der Waals surface area contributed by atoms with Crippen LogP contribution in [0.3, 0.4) is 0 Å². The number of carbonyl (C=O) groups is 1. The van der Waals surface area contributed by atoms with Crippen molar-refractivity contribution in [3.8, 4) is 0 Å². The summed E-state index contributed by atoms with van der Waals surface area (Å²) in [7, 11) is 0. The van der Waals surface area contributed by atoms with Gasteiger partial charge in [-0.1, -0.05) is 23.7 Å². The number of hydrogen-bond donors (Lipinski definition) is 1. The number of rotatable bonds is 2. The Balaban J connectivity index is 2.07. The maximum absolute atomic E-state index is 11.8. The van der Waals surface area contributed by atoms with Gasteiger partial charge in [-0.05, 0) is 24.6 Å². The quantitative estimate of drug-likeness (QED) is 0.890. The predicted molar refractivity (Wildman–Crippen MR) is 66.0 cm³/mol. The first-order valence-electron chi connectivity index (χ1n) is 5.21. The molecule has 88 valence electrons. The zero-order valence-electron chi connectivity index (χ0n) is 9.30. The van der Waals surface area contributed by atoms with E-state index in [-0.39, 0.29) is 12.1 Å². The first-order chi connectivity index (χ1) is 8.16. The molecular formula is C12H12ClN3O. The Bertz CT molecular complexity index is 510. The largest absolute Gasteiger partial charge is 0.331 e. The lowest BCUT2D eigenvalue weighted by Gasteiger charge is -2.14. The fourth-order valence-electron chi connectivity index (χ4n) is 1.50. The first-order valence-corrected chi connectivity index (χ1v) is 5.59. The van der Waals surface area contributed by atoms with Gasteiger partial charge in [0.25, 0.3) is 0 Å². The maximum atomic E-state index is 11.8. The van der Waals surface area contributed by atoms with E-state index in [4.69, 9.17) is 11.6 Å². The molecule has 4 nitrogen and oxygen atoms in total. The van der Waals surface area contributed by atoms with E-state index < -0.39 is 0 Å². The van der Waals surface area contributed by atoms with E-state index in [1.165, 1.54) is 10.9 Å². The number of imidazole rings is 1. The standard InChI is InChI=1S/C12H12ClN3O/c1-9(10-3-2-4-11(13)7-10)15-12(17)16-6-5-14-8-16/h2-9H,1H3,(H,15,17). The molecule has 0 aliphatic carbocycles. The van der Waals surface area contributed by atoms with Crippen LogP contribution in [-0.4, -0.2) is 15.6 Å². The van der Waals surface area contributed by atoms with E-state index in [1.807, 2.05) is 25.1 Å². The normalized spacial score (nSPS) is 12.1. The molecular weight excluding hydrogens is 238 g/mol. The molecule has 1 amide bonds. The lowest BCUT2D eigenvalue weighted by molar-refractivity contribution is 0.239. The van der Waals surface area contributed by atoms with Gasteiger partial charge in [-0.15, -0.1) is 0 Å². The van der Waals surface area contributed by atoms with Gasteiger partial charge < -0.3 is 5.32 Å². The van der Waals surface area contributed by atoms with Crippen LogP contribution in [-0.2, 0) is 0 Å². The van der Waals surface area contributed by atoms with Crippen molar-refractivity contribution in [2.24, 2.45) is 0 Å². The molecule has 2 aromatic rings. The Kier molecular flexibility index (Phi) is 3.44. The third kappa shape index (κ3) is 2.85. The van der Waals surface area contributed by atoms with E-state index in [9.17, 15) is 4.79 Å². The number of nitrogens with zero attached hydrogens (tertiary/aromatic N) is 2. The molecule has 0 bridgehead atoms. The minimum absolute atomic E-state index is 0.108. The molecule has 1 aromatic heterocycles. The topological polar surface area (TPSA) is 46.9 Å². The van der Waals surface area contributed by atoms with Crippen LogP contribution in [0, 0.1) is 0 Å². The summed E-state index contributed by atoms with van der Waals surface area (Å²) >= 11 is 5.90. The Morgan fingerprint density at radius 3 is 3.00 bits per heavy atom. The van der Waals surface area contributed by atoms with Crippen LogP contribution in [0.1, 0.15) is 18.5 Å². The molecule has 1 unspecified atom stereocenters. The van der Waals surface area contributed by atoms with Crippen molar-refractivity contribution in [3.63, 3.8) is 0 Å². The molecule has 1 N–H and O–H groups in total. The second-order valence-electron chi connectivity index (χ2n) is 3.70. The number of nitrogens with one attached hydrogen (secondary N) is 1. The average Bonchev–Trinajstić information content (AvgIpc) is 2.82. The molecule has 1 heterocycles. The summed E-state index contributed by atoms with van der Waals surface area (Å²) in [6.07, 6.45) is 4.61. The molecule has 0 radical (unpaired) electrons. The van der Waals surface area contributed by atoms with E-state index in [0.717, 1.165) is 5.56 Å². The molecule has 17 heavy (non-hydrogen) atoms. The van der Waals surface area contributed by atoms with Gasteiger partial charge in [0.2, 0.25) is 0 Å². The monoisotopic (exact) mass is 249 g/mol. The lowest BCUT2D eigenvalue weighted by Crippen LogP contribution is -2.30. The van der Waals surface area contributed by atoms with Crippen LogP contribution in [0.15, 0.2) is 43.0 Å². The molecule has 1 aromatic carbocycles. The van der Waals surface area contributed by atoms with Crippen molar-refractivity contribution in [1.29, 1.82) is 0 Å². The van der Waals surface area contributed by atoms with E-state index in [1.54, 1.807) is 18.5 Å². The van der Waals surface area contributed by atoms with E-state index in [2.05, 4.69) is 10.3 Å². The molecule has 0 fully saturated rings. The number of halogens is 1. The van der Waals surface area contributed by atoms with Crippen LogP contribution >= 0.6 is 11.6 Å². The van der Waals surface area contributed by atoms with Crippen molar-refractivity contribution < 1.29 is 4.79 Å². The second-order valence-corrected chi connectivity index (χ2v) is 4.13. The smallest absolute Gasteiger partial charge is 0.327 e. The van der Waals surface area contributed by atoms with Gasteiger partial charge in [0.05, 0.1) is 6.04 Å². The highest BCUT2D eigenvalue weighted by Crippen LogP contribution is 2.17. The zero-order chi connectivity index (χ0) is 12.3. The number of amides is 1. The van der Waals surface area contributed by atoms with Gasteiger partial charge in [-0.25, -0.2) is 9.78 Å². The molecule has 1 atom stereocenters. The summed E-state index contributed by atoms with van der Waals surface area (Å²) in [5.41, 5.74) is 0.964. The van der Waals surface area contributed by atoms with Crippen LogP contribution in [0.5, 0.6) is 0 Å². The third-order valence-corrected chi connectivity index (χ3v) is 2.66. The molecule has 5 heteroatoms. The van der Waals surface area contributed by atoms with Gasteiger partial charge in [-0.3, -0.25) is 4.57 Å². The predicted octanol–water partition coefficient (Wildman–Crippen LogP) is 2.86. The summed E-state index contributed by atoms with van der Waals surface area (Å²) in [6.45, 7) is 1.90. The van der Waals surface area contributed by atoms with Gasteiger partial charge in [0.1, 0.15) is 6.33 Å². The van der Waals surface area contributed by atoms with Crippen molar-refractivity contribution in [2.45, 2.75) is 13.0 Å². The first kappa shape index (κ1) is 11.7. The Labute approximate surface area is 104 Å². The van der Waals surface area contributed by atoms with E-state index in [0.29, 0.717) is 5.02 Å². The highest BCUT2D eigenvalue weighted by atomic mass is 35.5. The highest BCUT2D eigenvalue weighted by molar-refractivity contribution is 6.30. The van der Waals surface area contributed by atoms with Crippen molar-refractivity contribution in [2.75, 3.05) is 0 Å². The summed E-state index contributed by atoms with van der Waals surface area (Å²) in [5.74, 6) is 0. The number of carbonyl (C=O) groups excluding carboxylic acids is 1. The minimum atomic E-state index is -0.213. The fraction of sp³-hybridized carbons (Fsp3) is 0.167. The molecule has 0 spiro atoms. The Morgan fingerprint density at radius 1 is 1.53 bits per heavy atom. The van der Waals surface area contributed by atoms with Gasteiger partial charge in [0, 0.05) is 17.4 Å². The third-order valence-electron chi connectivity index (χ3n) is 2.43. The van der Waals surface area contributed by atoms with Crippen LogP contribution in [0.4, 0.5) is 4.79 Å². The van der Waals surface area contributed by atoms with Gasteiger partial charge in [0.15, 0.2) is 0 Å². The molecule has 0 aliphatic heterocycles. The second kappa shape index (κ2) is 5.01. The summed E-state index contributed by atoms with van der Waals surface area (Å²) in [4.78, 5) is 15.6. The zero-order valence-corrected chi connectivity index (χ0v) is 10.1. The van der Waals surface area contributed by atoms with Gasteiger partial charge >= 0.3 is 6.03 Å². The van der Waals surface area contributed by atoms with Gasteiger partial charge in [-0.2, -0.15) is 0 Å².